The van der Waals surface area contributed by atoms with E-state index < -0.39 is 6.10 Å². The minimum atomic E-state index is -0.596. The van der Waals surface area contributed by atoms with Crippen molar-refractivity contribution >= 4 is 0 Å². The van der Waals surface area contributed by atoms with E-state index in [1.165, 1.54) is 17.2 Å². The fourth-order valence-electron chi connectivity index (χ4n) is 3.98. The number of halogens is 1. The Kier molecular flexibility index (Phi) is 5.33. The number of aliphatic hydroxyl groups excluding tert-OH is 1. The Morgan fingerprint density at radius 3 is 2.11 bits per heavy atom. The fourth-order valence-corrected chi connectivity index (χ4v) is 3.98. The van der Waals surface area contributed by atoms with Crippen LogP contribution in [-0.2, 0) is 19.4 Å². The molecule has 0 fully saturated rings. The maximum atomic E-state index is 14.3. The third-order valence-electron chi connectivity index (χ3n) is 5.47. The summed E-state index contributed by atoms with van der Waals surface area (Å²) in [6.07, 6.45) is 1.28. The highest BCUT2D eigenvalue weighted by atomic mass is 19.1. The summed E-state index contributed by atoms with van der Waals surface area (Å²) in [4.78, 5) is 2.23. The number of nitrogens with zero attached hydrogens (tertiary/aromatic N) is 1. The van der Waals surface area contributed by atoms with Crippen LogP contribution < -0.4 is 0 Å². The lowest BCUT2D eigenvalue weighted by Gasteiger charge is -2.31. The van der Waals surface area contributed by atoms with E-state index in [1.807, 2.05) is 42.5 Å². The molecule has 1 N–H and O–H groups in total. The summed E-state index contributed by atoms with van der Waals surface area (Å²) in [5.41, 5.74) is 4.28. The minimum absolute atomic E-state index is 0.188. The summed E-state index contributed by atoms with van der Waals surface area (Å²) in [5.74, 6) is -0.188. The first-order chi connectivity index (χ1) is 13.2. The first kappa shape index (κ1) is 17.9. The van der Waals surface area contributed by atoms with Crippen molar-refractivity contribution in [2.45, 2.75) is 31.5 Å². The van der Waals surface area contributed by atoms with Gasteiger partial charge in [-0.05, 0) is 35.6 Å². The molecule has 0 spiro atoms. The van der Waals surface area contributed by atoms with Crippen LogP contribution in [0.5, 0.6) is 0 Å². The maximum Gasteiger partial charge on any atom is 0.127 e. The smallest absolute Gasteiger partial charge is 0.127 e. The van der Waals surface area contributed by atoms with Gasteiger partial charge in [-0.25, -0.2) is 4.39 Å². The van der Waals surface area contributed by atoms with E-state index in [2.05, 4.69) is 29.2 Å². The molecule has 0 aliphatic heterocycles. The number of benzene rings is 3. The van der Waals surface area contributed by atoms with Gasteiger partial charge in [-0.1, -0.05) is 72.8 Å². The molecule has 1 aliphatic rings. The van der Waals surface area contributed by atoms with Gasteiger partial charge in [0.25, 0.3) is 0 Å². The average molecular weight is 361 g/mol. The van der Waals surface area contributed by atoms with Crippen LogP contribution in [0.1, 0.15) is 28.4 Å². The average Bonchev–Trinajstić information content (AvgIpc) is 3.14. The number of fused-ring (bicyclic) bond motifs is 1. The van der Waals surface area contributed by atoms with E-state index in [9.17, 15) is 9.50 Å². The van der Waals surface area contributed by atoms with E-state index in [0.717, 1.165) is 18.4 Å². The van der Waals surface area contributed by atoms with Gasteiger partial charge in [0.05, 0.1) is 6.10 Å². The van der Waals surface area contributed by atoms with Crippen molar-refractivity contribution in [2.75, 3.05) is 6.54 Å². The summed E-state index contributed by atoms with van der Waals surface area (Å²) in [7, 11) is 0. The molecule has 2 nitrogen and oxygen atoms in total. The molecule has 0 amide bonds. The van der Waals surface area contributed by atoms with E-state index in [1.54, 1.807) is 6.07 Å². The monoisotopic (exact) mass is 361 g/mol. The van der Waals surface area contributed by atoms with E-state index in [0.29, 0.717) is 18.7 Å². The molecule has 0 aromatic heterocycles. The molecule has 1 atom stereocenters. The van der Waals surface area contributed by atoms with Gasteiger partial charge in [-0.3, -0.25) is 4.90 Å². The fraction of sp³-hybridized carbons (Fsp3) is 0.250. The first-order valence-electron chi connectivity index (χ1n) is 9.48. The van der Waals surface area contributed by atoms with Crippen LogP contribution in [0.4, 0.5) is 4.39 Å². The minimum Gasteiger partial charge on any atom is -0.387 e. The van der Waals surface area contributed by atoms with Gasteiger partial charge in [-0.2, -0.15) is 0 Å². The third-order valence-corrected chi connectivity index (χ3v) is 5.47. The lowest BCUT2D eigenvalue weighted by atomic mass is 10.1. The van der Waals surface area contributed by atoms with Crippen LogP contribution in [0.3, 0.4) is 0 Å². The second-order valence-electron chi connectivity index (χ2n) is 7.28. The van der Waals surface area contributed by atoms with Gasteiger partial charge in [0.2, 0.25) is 0 Å². The van der Waals surface area contributed by atoms with Crippen LogP contribution in [0, 0.1) is 5.82 Å². The van der Waals surface area contributed by atoms with Gasteiger partial charge >= 0.3 is 0 Å². The van der Waals surface area contributed by atoms with Gasteiger partial charge in [0.15, 0.2) is 0 Å². The van der Waals surface area contributed by atoms with E-state index in [4.69, 9.17) is 0 Å². The molecule has 4 rings (SSSR count). The highest BCUT2D eigenvalue weighted by Gasteiger charge is 2.28. The molecule has 1 aliphatic carbocycles. The Labute approximate surface area is 159 Å². The number of hydrogen-bond donors (Lipinski definition) is 1. The van der Waals surface area contributed by atoms with Gasteiger partial charge in [0, 0.05) is 24.7 Å². The maximum absolute atomic E-state index is 14.3. The number of aliphatic hydroxyl groups is 1. The summed E-state index contributed by atoms with van der Waals surface area (Å²) in [5, 5.41) is 10.8. The van der Waals surface area contributed by atoms with Crippen molar-refractivity contribution in [3.63, 3.8) is 0 Å². The van der Waals surface area contributed by atoms with Crippen LogP contribution in [0.15, 0.2) is 78.9 Å². The zero-order chi connectivity index (χ0) is 18.6. The molecule has 0 unspecified atom stereocenters. The molecule has 3 aromatic carbocycles. The SMILES string of the molecule is O[C@H](CN(Cc1ccccc1F)C1Cc2ccccc2C1)c1ccccc1. The van der Waals surface area contributed by atoms with Gasteiger partial charge in [-0.15, -0.1) is 0 Å². The molecule has 138 valence electrons. The second kappa shape index (κ2) is 8.03. The molecule has 3 aromatic rings. The molecule has 3 heteroatoms. The molecule has 0 saturated carbocycles. The quantitative estimate of drug-likeness (QED) is 0.697. The first-order valence-corrected chi connectivity index (χ1v) is 9.48. The lowest BCUT2D eigenvalue weighted by Crippen LogP contribution is -2.38. The Bertz CT molecular complexity index is 871. The van der Waals surface area contributed by atoms with Gasteiger partial charge < -0.3 is 5.11 Å². The van der Waals surface area contributed by atoms with Crippen LogP contribution in [-0.4, -0.2) is 22.6 Å². The molecule has 0 bridgehead atoms. The zero-order valence-electron chi connectivity index (χ0n) is 15.3. The predicted octanol–water partition coefficient (Wildman–Crippen LogP) is 4.53. The highest BCUT2D eigenvalue weighted by Crippen LogP contribution is 2.28. The Balaban J connectivity index is 1.57. The van der Waals surface area contributed by atoms with E-state index in [-0.39, 0.29) is 11.9 Å². The standard InChI is InChI=1S/C24H24FNO/c25-23-13-7-6-12-21(23)16-26(17-24(27)18-8-2-1-3-9-18)22-14-19-10-4-5-11-20(19)15-22/h1-13,22,24,27H,14-17H2/t24-/m1/s1. The zero-order valence-corrected chi connectivity index (χ0v) is 15.3. The molecule has 0 radical (unpaired) electrons. The molecule has 27 heavy (non-hydrogen) atoms. The molecule has 0 saturated heterocycles. The third kappa shape index (κ3) is 4.10. The van der Waals surface area contributed by atoms with Crippen LogP contribution in [0.2, 0.25) is 0 Å². The van der Waals surface area contributed by atoms with Crippen molar-refractivity contribution in [1.29, 1.82) is 0 Å². The predicted molar refractivity (Wildman–Crippen MR) is 106 cm³/mol. The summed E-state index contributed by atoms with van der Waals surface area (Å²) < 4.78 is 14.3. The topological polar surface area (TPSA) is 23.5 Å². The van der Waals surface area contributed by atoms with Gasteiger partial charge in [0.1, 0.15) is 5.82 Å². The number of hydrogen-bond acceptors (Lipinski definition) is 2. The normalized spacial score (nSPS) is 15.1. The summed E-state index contributed by atoms with van der Waals surface area (Å²) >= 11 is 0. The lowest BCUT2D eigenvalue weighted by molar-refractivity contribution is 0.0828. The highest BCUT2D eigenvalue weighted by molar-refractivity contribution is 5.33. The van der Waals surface area contributed by atoms with Crippen molar-refractivity contribution in [3.05, 3.63) is 107 Å². The largest absolute Gasteiger partial charge is 0.387 e. The van der Waals surface area contributed by atoms with Crippen molar-refractivity contribution in [3.8, 4) is 0 Å². The van der Waals surface area contributed by atoms with Crippen molar-refractivity contribution in [1.82, 2.24) is 4.90 Å². The van der Waals surface area contributed by atoms with Crippen LogP contribution >= 0.6 is 0 Å². The molecular formula is C24H24FNO. The Morgan fingerprint density at radius 2 is 1.44 bits per heavy atom. The Hall–Kier alpha value is -2.49. The van der Waals surface area contributed by atoms with E-state index >= 15 is 0 Å². The number of rotatable bonds is 6. The van der Waals surface area contributed by atoms with Crippen molar-refractivity contribution in [2.24, 2.45) is 0 Å². The Morgan fingerprint density at radius 1 is 0.852 bits per heavy atom. The molecule has 0 heterocycles. The van der Waals surface area contributed by atoms with Crippen molar-refractivity contribution < 1.29 is 9.50 Å². The summed E-state index contributed by atoms with van der Waals surface area (Å²) in [6.45, 7) is 0.978. The summed E-state index contributed by atoms with van der Waals surface area (Å²) in [6, 6.07) is 25.4. The molecular weight excluding hydrogens is 337 g/mol. The van der Waals surface area contributed by atoms with Crippen LogP contribution in [0.25, 0.3) is 0 Å². The second-order valence-corrected chi connectivity index (χ2v) is 7.28.